The smallest absolute Gasteiger partial charge is 1.00 e. The topological polar surface area (TPSA) is 93.1 Å². The number of hydrogen-bond donors (Lipinski definition) is 2. The average molecular weight is 210 g/mol. The van der Waals surface area contributed by atoms with Crippen molar-refractivity contribution in [3.8, 4) is 0 Å². The Morgan fingerprint density at radius 2 is 1.17 bits per heavy atom. The van der Waals surface area contributed by atoms with Crippen LogP contribution in [-0.4, -0.2) is 44.0 Å². The van der Waals surface area contributed by atoms with E-state index < -0.39 is 10.4 Å². The summed E-state index contributed by atoms with van der Waals surface area (Å²) >= 11 is 0. The molecule has 12 heavy (non-hydrogen) atoms. The molecule has 0 saturated carbocycles. The molecule has 1 aliphatic heterocycles. The number of rotatable bonds is 0. The van der Waals surface area contributed by atoms with E-state index in [1.54, 1.807) is 0 Å². The molecule has 0 spiro atoms. The molecule has 0 unspecified atom stereocenters. The molecule has 0 aromatic carbocycles. The summed E-state index contributed by atoms with van der Waals surface area (Å²) in [6, 6.07) is 0. The largest absolute Gasteiger partial charge is 1.00 e. The second kappa shape index (κ2) is 8.39. The van der Waals surface area contributed by atoms with E-state index in [9.17, 15) is 0 Å². The first-order chi connectivity index (χ1) is 5.00. The molecule has 1 rings (SSSR count). The average Bonchev–Trinajstić information content (AvgIpc) is 1.88. The maximum Gasteiger partial charge on any atom is 1.00 e. The van der Waals surface area contributed by atoms with Crippen LogP contribution in [0.5, 0.6) is 0 Å². The van der Waals surface area contributed by atoms with Crippen LogP contribution >= 0.6 is 0 Å². The van der Waals surface area contributed by atoms with Gasteiger partial charge >= 0.3 is 40.0 Å². The molecule has 6 nitrogen and oxygen atoms in total. The Morgan fingerprint density at radius 1 is 1.00 bits per heavy atom. The van der Waals surface area contributed by atoms with Crippen LogP contribution < -0.4 is 29.6 Å². The van der Waals surface area contributed by atoms with Crippen molar-refractivity contribution in [1.82, 2.24) is 0 Å². The first-order valence-corrected chi connectivity index (χ1v) is 4.25. The van der Waals surface area contributed by atoms with Crippen molar-refractivity contribution in [2.75, 3.05) is 26.4 Å². The molecule has 0 aromatic rings. The minimum atomic E-state index is -4.67. The molecule has 1 aliphatic rings. The molecule has 0 bridgehead atoms. The minimum Gasteiger partial charge on any atom is -1.00 e. The quantitative estimate of drug-likeness (QED) is 0.318. The summed E-state index contributed by atoms with van der Waals surface area (Å²) in [4.78, 5) is 0. The van der Waals surface area contributed by atoms with Gasteiger partial charge in [0.15, 0.2) is 0 Å². The van der Waals surface area contributed by atoms with Crippen LogP contribution in [0.25, 0.3) is 0 Å². The Labute approximate surface area is 94.6 Å². The normalized spacial score (nSPS) is 16.8. The van der Waals surface area contributed by atoms with Crippen molar-refractivity contribution >= 4 is 10.4 Å². The molecule has 0 amide bonds. The third kappa shape index (κ3) is 22.4. The third-order valence-electron chi connectivity index (χ3n) is 0.744. The summed E-state index contributed by atoms with van der Waals surface area (Å²) < 4.78 is 41.5. The molecule has 0 aliphatic carbocycles. The van der Waals surface area contributed by atoms with E-state index in [1.165, 1.54) is 0 Å². The molecule has 8 heteroatoms. The van der Waals surface area contributed by atoms with Gasteiger partial charge in [0.05, 0.1) is 26.4 Å². The Kier molecular flexibility index (Phi) is 10.7. The fraction of sp³-hybridized carbons (Fsp3) is 1.00. The van der Waals surface area contributed by atoms with E-state index >= 15 is 0 Å². The van der Waals surface area contributed by atoms with Gasteiger partial charge in [0, 0.05) is 0 Å². The summed E-state index contributed by atoms with van der Waals surface area (Å²) in [6.45, 7) is 3.11. The predicted molar refractivity (Wildman–Crippen MR) is 36.9 cm³/mol. The van der Waals surface area contributed by atoms with Gasteiger partial charge in [-0.25, -0.2) is 0 Å². The van der Waals surface area contributed by atoms with Gasteiger partial charge in [-0.15, -0.1) is 0 Å². The first kappa shape index (κ1) is 15.3. The van der Waals surface area contributed by atoms with Crippen LogP contribution in [-0.2, 0) is 19.9 Å². The van der Waals surface area contributed by atoms with Crippen LogP contribution in [0.1, 0.15) is 1.43 Å². The van der Waals surface area contributed by atoms with Crippen LogP contribution in [0.3, 0.4) is 0 Å². The zero-order valence-corrected chi connectivity index (χ0v) is 9.58. The Morgan fingerprint density at radius 3 is 1.25 bits per heavy atom. The number of ether oxygens (including phenoxy) is 2. The third-order valence-corrected chi connectivity index (χ3v) is 0.744. The van der Waals surface area contributed by atoms with Gasteiger partial charge in [-0.05, 0) is 0 Å². The van der Waals surface area contributed by atoms with Crippen LogP contribution in [0.15, 0.2) is 0 Å². The van der Waals surface area contributed by atoms with Gasteiger partial charge in [0.1, 0.15) is 0 Å². The summed E-state index contributed by atoms with van der Waals surface area (Å²) in [6.07, 6.45) is 0. The molecule has 70 valence electrons. The van der Waals surface area contributed by atoms with E-state index in [-0.39, 0.29) is 31.0 Å². The zero-order chi connectivity index (χ0) is 8.74. The van der Waals surface area contributed by atoms with Crippen molar-refractivity contribution in [1.29, 1.82) is 0 Å². The first-order valence-electron chi connectivity index (χ1n) is 2.85. The minimum absolute atomic E-state index is 0. The number of hydrogen-bond acceptors (Lipinski definition) is 4. The van der Waals surface area contributed by atoms with Gasteiger partial charge in [-0.3, -0.25) is 9.11 Å². The zero-order valence-electron chi connectivity index (χ0n) is 7.76. The maximum atomic E-state index is 8.74. The predicted octanol–water partition coefficient (Wildman–Crippen LogP) is -3.50. The van der Waals surface area contributed by atoms with Gasteiger partial charge in [-0.2, -0.15) is 8.42 Å². The molecule has 1 heterocycles. The van der Waals surface area contributed by atoms with Crippen LogP contribution in [0.2, 0.25) is 0 Å². The van der Waals surface area contributed by atoms with E-state index in [0.717, 1.165) is 26.4 Å². The van der Waals surface area contributed by atoms with Crippen molar-refractivity contribution in [3.05, 3.63) is 0 Å². The van der Waals surface area contributed by atoms with Crippen molar-refractivity contribution in [3.63, 3.8) is 0 Å². The second-order valence-electron chi connectivity index (χ2n) is 1.67. The van der Waals surface area contributed by atoms with Crippen LogP contribution in [0.4, 0.5) is 0 Å². The molecule has 0 aromatic heterocycles. The Balaban J connectivity index is -0.000000136. The van der Waals surface area contributed by atoms with E-state index in [1.807, 2.05) is 0 Å². The summed E-state index contributed by atoms with van der Waals surface area (Å²) in [5.74, 6) is 0. The molecule has 0 atom stereocenters. The monoisotopic (exact) mass is 210 g/mol. The Hall–Kier alpha value is 0.790. The fourth-order valence-corrected chi connectivity index (χ4v) is 0.440. The van der Waals surface area contributed by atoms with Crippen molar-refractivity contribution in [2.45, 2.75) is 0 Å². The summed E-state index contributed by atoms with van der Waals surface area (Å²) in [7, 11) is -4.67. The van der Waals surface area contributed by atoms with E-state index in [4.69, 9.17) is 27.0 Å². The Bertz CT molecular complexity index is 160. The molecule has 0 radical (unpaired) electrons. The molecular weight excluding hydrogens is 199 g/mol. The molecular formula is C4H11NaO6S. The van der Waals surface area contributed by atoms with Gasteiger partial charge < -0.3 is 10.9 Å². The molecule has 1 fully saturated rings. The van der Waals surface area contributed by atoms with E-state index in [2.05, 4.69) is 0 Å². The van der Waals surface area contributed by atoms with E-state index in [0.29, 0.717) is 0 Å². The molecule has 2 N–H and O–H groups in total. The SMILES string of the molecule is C1COCCO1.O=S(=O)(O)O.[H-].[Na+]. The summed E-state index contributed by atoms with van der Waals surface area (Å²) in [5, 5.41) is 0. The second-order valence-corrected chi connectivity index (χ2v) is 2.57. The van der Waals surface area contributed by atoms with Crippen molar-refractivity contribution in [2.24, 2.45) is 0 Å². The van der Waals surface area contributed by atoms with Gasteiger partial charge in [0.2, 0.25) is 0 Å². The van der Waals surface area contributed by atoms with Crippen LogP contribution in [0, 0.1) is 0 Å². The van der Waals surface area contributed by atoms with Crippen molar-refractivity contribution < 1.29 is 58.0 Å². The summed E-state index contributed by atoms with van der Waals surface area (Å²) in [5.41, 5.74) is 0. The maximum absolute atomic E-state index is 8.74. The van der Waals surface area contributed by atoms with Gasteiger partial charge in [0.25, 0.3) is 0 Å². The fourth-order valence-electron chi connectivity index (χ4n) is 0.440. The standard InChI is InChI=1S/C4H8O2.Na.H2O4S.H/c1-2-6-4-3-5-1;;1-5(2,3)4;/h1-4H2;;(H2,1,2,3,4);/q;+1;;-1. The van der Waals surface area contributed by atoms with Gasteiger partial charge in [-0.1, -0.05) is 0 Å². The molecule has 1 saturated heterocycles.